The fourth-order valence-corrected chi connectivity index (χ4v) is 2.59. The number of anilines is 2. The Hall–Kier alpha value is -3.07. The van der Waals surface area contributed by atoms with E-state index in [-0.39, 0.29) is 28.5 Å². The normalized spacial score (nSPS) is 11.4. The summed E-state index contributed by atoms with van der Waals surface area (Å²) in [7, 11) is 0. The molecule has 3 rings (SSSR count). The molecule has 5 nitrogen and oxygen atoms in total. The molecular weight excluding hydrogens is 388 g/mol. The van der Waals surface area contributed by atoms with E-state index in [4.69, 9.17) is 17.3 Å². The number of alkyl halides is 3. The molecule has 0 fully saturated rings. The summed E-state index contributed by atoms with van der Waals surface area (Å²) in [5, 5.41) is 1.82. The van der Waals surface area contributed by atoms with Crippen LogP contribution in [0.4, 0.5) is 29.2 Å². The number of nitrogens with one attached hydrogen (secondary N) is 2. The van der Waals surface area contributed by atoms with E-state index >= 15 is 0 Å². The third kappa shape index (κ3) is 4.03. The Kier molecular flexibility index (Phi) is 4.79. The molecule has 0 unspecified atom stereocenters. The molecule has 1 heterocycles. The molecule has 1 aromatic heterocycles. The highest BCUT2D eigenvalue weighted by Gasteiger charge is 2.33. The lowest BCUT2D eigenvalue weighted by Crippen LogP contribution is -2.14. The van der Waals surface area contributed by atoms with Crippen molar-refractivity contribution in [3.63, 3.8) is 0 Å². The van der Waals surface area contributed by atoms with E-state index in [1.807, 2.05) is 0 Å². The summed E-state index contributed by atoms with van der Waals surface area (Å²) in [6, 6.07) is 6.54. The molecule has 0 saturated heterocycles. The Morgan fingerprint density at radius 3 is 2.52 bits per heavy atom. The van der Waals surface area contributed by atoms with Crippen LogP contribution in [0.3, 0.4) is 0 Å². The van der Waals surface area contributed by atoms with E-state index in [1.165, 1.54) is 18.3 Å². The molecule has 3 aromatic rings. The minimum Gasteiger partial charge on any atom is -0.369 e. The zero-order chi connectivity index (χ0) is 19.8. The summed E-state index contributed by atoms with van der Waals surface area (Å²) in [4.78, 5) is 18.7. The fraction of sp³-hybridized carbons (Fsp3) is 0.0588. The predicted molar refractivity (Wildman–Crippen MR) is 92.8 cm³/mol. The van der Waals surface area contributed by atoms with E-state index in [9.17, 15) is 22.4 Å². The minimum atomic E-state index is -4.70. The number of halogens is 5. The van der Waals surface area contributed by atoms with Crippen LogP contribution in [0.2, 0.25) is 5.02 Å². The van der Waals surface area contributed by atoms with E-state index in [0.717, 1.165) is 18.2 Å². The zero-order valence-corrected chi connectivity index (χ0v) is 14.1. The third-order valence-corrected chi connectivity index (χ3v) is 3.96. The third-order valence-electron chi connectivity index (χ3n) is 3.63. The van der Waals surface area contributed by atoms with Gasteiger partial charge in [0.05, 0.1) is 16.3 Å². The number of rotatable bonds is 3. The number of nitrogens with two attached hydrogens (primary N) is 1. The first kappa shape index (κ1) is 18.7. The minimum absolute atomic E-state index is 0.0632. The molecule has 0 spiro atoms. The Bertz CT molecular complexity index is 1020. The highest BCUT2D eigenvalue weighted by Crippen LogP contribution is 2.35. The van der Waals surface area contributed by atoms with Crippen molar-refractivity contribution in [1.29, 1.82) is 0 Å². The molecule has 0 aliphatic carbocycles. The molecule has 0 saturated carbocycles. The first-order valence-electron chi connectivity index (χ1n) is 7.44. The average molecular weight is 399 g/mol. The number of imidazole rings is 1. The number of aromatic amines is 1. The van der Waals surface area contributed by atoms with Crippen molar-refractivity contribution in [3.8, 4) is 11.3 Å². The second-order valence-electron chi connectivity index (χ2n) is 5.51. The maximum absolute atomic E-state index is 14.3. The Labute approximate surface area is 155 Å². The summed E-state index contributed by atoms with van der Waals surface area (Å²) in [6.45, 7) is 0. The van der Waals surface area contributed by atoms with Gasteiger partial charge < -0.3 is 16.0 Å². The van der Waals surface area contributed by atoms with Gasteiger partial charge in [-0.3, -0.25) is 4.79 Å². The van der Waals surface area contributed by atoms with Gasteiger partial charge in [-0.25, -0.2) is 9.37 Å². The lowest BCUT2D eigenvalue weighted by atomic mass is 10.1. The maximum atomic E-state index is 14.3. The van der Waals surface area contributed by atoms with Gasteiger partial charge in [0.25, 0.3) is 5.91 Å². The number of H-pyrrole nitrogens is 1. The zero-order valence-electron chi connectivity index (χ0n) is 13.4. The largest absolute Gasteiger partial charge is 0.417 e. The number of nitrogens with zero attached hydrogens (tertiary/aromatic N) is 1. The lowest BCUT2D eigenvalue weighted by Gasteiger charge is -2.11. The van der Waals surface area contributed by atoms with Crippen LogP contribution in [0.1, 0.15) is 15.9 Å². The molecule has 0 atom stereocenters. The van der Waals surface area contributed by atoms with Gasteiger partial charge >= 0.3 is 6.18 Å². The van der Waals surface area contributed by atoms with Gasteiger partial charge in [-0.2, -0.15) is 13.2 Å². The van der Waals surface area contributed by atoms with Crippen LogP contribution in [0.15, 0.2) is 42.6 Å². The van der Waals surface area contributed by atoms with Gasteiger partial charge in [-0.1, -0.05) is 11.6 Å². The quantitative estimate of drug-likeness (QED) is 0.558. The van der Waals surface area contributed by atoms with Gasteiger partial charge in [0.15, 0.2) is 5.95 Å². The van der Waals surface area contributed by atoms with Crippen molar-refractivity contribution in [1.82, 2.24) is 9.97 Å². The van der Waals surface area contributed by atoms with Crippen molar-refractivity contribution in [2.45, 2.75) is 6.18 Å². The van der Waals surface area contributed by atoms with E-state index in [2.05, 4.69) is 15.3 Å². The summed E-state index contributed by atoms with van der Waals surface area (Å²) in [6.07, 6.45) is -3.29. The molecule has 140 valence electrons. The molecule has 0 aliphatic rings. The van der Waals surface area contributed by atoms with Crippen molar-refractivity contribution in [2.24, 2.45) is 0 Å². The molecule has 2 aromatic carbocycles. The van der Waals surface area contributed by atoms with Crippen LogP contribution in [-0.4, -0.2) is 15.9 Å². The van der Waals surface area contributed by atoms with Crippen molar-refractivity contribution < 1.29 is 22.4 Å². The van der Waals surface area contributed by atoms with E-state index < -0.39 is 28.5 Å². The van der Waals surface area contributed by atoms with Crippen molar-refractivity contribution >= 4 is 29.1 Å². The molecule has 0 radical (unpaired) electrons. The number of hydrogen-bond donors (Lipinski definition) is 3. The van der Waals surface area contributed by atoms with Gasteiger partial charge in [-0.05, 0) is 36.4 Å². The summed E-state index contributed by atoms with van der Waals surface area (Å²) in [5.74, 6) is -1.41. The maximum Gasteiger partial charge on any atom is 0.417 e. The van der Waals surface area contributed by atoms with Crippen LogP contribution >= 0.6 is 11.6 Å². The summed E-state index contributed by atoms with van der Waals surface area (Å²) in [5.41, 5.74) is 4.53. The smallest absolute Gasteiger partial charge is 0.369 e. The van der Waals surface area contributed by atoms with E-state index in [1.54, 1.807) is 0 Å². The number of hydrogen-bond acceptors (Lipinski definition) is 3. The molecule has 27 heavy (non-hydrogen) atoms. The molecular formula is C17H11ClF4N4O. The van der Waals surface area contributed by atoms with Gasteiger partial charge in [0.2, 0.25) is 0 Å². The highest BCUT2D eigenvalue weighted by atomic mass is 35.5. The average Bonchev–Trinajstić information content (AvgIpc) is 3.00. The van der Waals surface area contributed by atoms with Gasteiger partial charge in [0, 0.05) is 23.0 Å². The van der Waals surface area contributed by atoms with Crippen molar-refractivity contribution in [3.05, 3.63) is 64.6 Å². The van der Waals surface area contributed by atoms with E-state index in [0.29, 0.717) is 6.07 Å². The van der Waals surface area contributed by atoms with Gasteiger partial charge in [-0.15, -0.1) is 0 Å². The summed E-state index contributed by atoms with van der Waals surface area (Å²) < 4.78 is 52.9. The molecule has 0 bridgehead atoms. The van der Waals surface area contributed by atoms with Crippen LogP contribution in [0, 0.1) is 5.82 Å². The Morgan fingerprint density at radius 2 is 1.93 bits per heavy atom. The van der Waals surface area contributed by atoms with Crippen LogP contribution < -0.4 is 11.1 Å². The number of aromatic nitrogens is 2. The fourth-order valence-electron chi connectivity index (χ4n) is 2.36. The molecule has 1 amide bonds. The first-order chi connectivity index (χ1) is 12.6. The molecule has 0 aliphatic heterocycles. The Balaban J connectivity index is 1.83. The second kappa shape index (κ2) is 6.92. The van der Waals surface area contributed by atoms with Crippen LogP contribution in [-0.2, 0) is 6.18 Å². The van der Waals surface area contributed by atoms with Crippen molar-refractivity contribution in [2.75, 3.05) is 11.1 Å². The van der Waals surface area contributed by atoms with Crippen LogP contribution in [0.25, 0.3) is 11.3 Å². The summed E-state index contributed by atoms with van der Waals surface area (Å²) >= 11 is 5.53. The lowest BCUT2D eigenvalue weighted by molar-refractivity contribution is -0.137. The topological polar surface area (TPSA) is 83.8 Å². The van der Waals surface area contributed by atoms with Crippen LogP contribution in [0.5, 0.6) is 0 Å². The van der Waals surface area contributed by atoms with Gasteiger partial charge in [0.1, 0.15) is 5.82 Å². The second-order valence-corrected chi connectivity index (χ2v) is 5.92. The number of amides is 1. The Morgan fingerprint density at radius 1 is 1.19 bits per heavy atom. The predicted octanol–water partition coefficient (Wildman–Crippen LogP) is 4.72. The highest BCUT2D eigenvalue weighted by molar-refractivity contribution is 6.31. The standard InChI is InChI=1S/C17H11ClF4N4O/c18-12-4-1-8(5-11(12)17(20,21)22)15(27)25-9-2-3-10(13(19)6-9)14-7-24-16(23)26-14/h1-7H,(H,25,27)(H3,23,24,26). The number of nitrogen functional groups attached to an aromatic ring is 1. The first-order valence-corrected chi connectivity index (χ1v) is 7.82. The number of carbonyl (C=O) groups is 1. The molecule has 4 N–H and O–H groups in total. The SMILES string of the molecule is Nc1nc(-c2ccc(NC(=O)c3ccc(Cl)c(C(F)(F)F)c3)cc2F)c[nH]1. The monoisotopic (exact) mass is 398 g/mol. The number of carbonyl (C=O) groups excluding carboxylic acids is 1. The number of benzene rings is 2. The molecule has 10 heteroatoms.